The van der Waals surface area contributed by atoms with Crippen molar-refractivity contribution in [3.05, 3.63) is 54.5 Å². The number of nitrogen functional groups attached to an aromatic ring is 1. The number of aliphatic hydroxyl groups is 2. The van der Waals surface area contributed by atoms with Crippen LogP contribution in [0.4, 0.5) is 5.82 Å². The molecule has 1 fully saturated rings. The Morgan fingerprint density at radius 3 is 2.64 bits per heavy atom. The maximum atomic E-state index is 14.0. The van der Waals surface area contributed by atoms with E-state index in [1.54, 1.807) is 31.2 Å². The van der Waals surface area contributed by atoms with Crippen LogP contribution in [-0.2, 0) is 23.4 Å². The van der Waals surface area contributed by atoms with E-state index < -0.39 is 43.7 Å². The molecule has 0 amide bonds. The van der Waals surface area contributed by atoms with E-state index >= 15 is 0 Å². The maximum Gasteiger partial charge on any atom is 0.459 e. The largest absolute Gasteiger partial charge is 0.465 e. The molecule has 208 valence electrons. The standard InChI is InChI=1S/C24H29N6O8P/c1-3-36-22(33)23(11-12-23)29-39(34,38-16-7-5-4-6-8-16)37-14-24(13-25,35-2)20(32)19(31)17-9-10-18-21(26)27-15-28-30(17)18/h4-10,15,19-20,31-32H,3,11-12,14H2,1-2H3,(H,29,34)(H2,26,27,28)/t19-,20-,24?,39?/m0/s1. The Morgan fingerprint density at radius 1 is 1.31 bits per heavy atom. The summed E-state index contributed by atoms with van der Waals surface area (Å²) in [5, 5.41) is 38.9. The van der Waals surface area contributed by atoms with Gasteiger partial charge in [-0.05, 0) is 44.0 Å². The summed E-state index contributed by atoms with van der Waals surface area (Å²) in [5.74, 6) is -0.327. The summed E-state index contributed by atoms with van der Waals surface area (Å²) in [6.45, 7) is 0.934. The summed E-state index contributed by atoms with van der Waals surface area (Å²) in [7, 11) is -3.27. The summed E-state index contributed by atoms with van der Waals surface area (Å²) in [6, 6.07) is 12.9. The average molecular weight is 561 g/mol. The molecule has 0 aliphatic heterocycles. The van der Waals surface area contributed by atoms with Gasteiger partial charge in [0.15, 0.2) is 5.82 Å². The number of para-hydroxylation sites is 1. The summed E-state index contributed by atoms with van der Waals surface area (Å²) in [4.78, 5) is 16.4. The van der Waals surface area contributed by atoms with Gasteiger partial charge in [0.1, 0.15) is 48.0 Å². The van der Waals surface area contributed by atoms with Crippen LogP contribution in [0.2, 0.25) is 0 Å². The lowest BCUT2D eigenvalue weighted by molar-refractivity contribution is -0.146. The molecule has 0 spiro atoms. The molecule has 0 bridgehead atoms. The number of benzene rings is 1. The van der Waals surface area contributed by atoms with Gasteiger partial charge in [-0.3, -0.25) is 9.32 Å². The van der Waals surface area contributed by atoms with Gasteiger partial charge in [0.25, 0.3) is 0 Å². The summed E-state index contributed by atoms with van der Waals surface area (Å²) >= 11 is 0. The summed E-state index contributed by atoms with van der Waals surface area (Å²) < 4.78 is 36.9. The first-order chi connectivity index (χ1) is 18.6. The molecule has 1 aromatic carbocycles. The third-order valence-corrected chi connectivity index (χ3v) is 7.95. The van der Waals surface area contributed by atoms with Gasteiger partial charge in [-0.2, -0.15) is 15.4 Å². The third-order valence-electron chi connectivity index (χ3n) is 6.33. The van der Waals surface area contributed by atoms with Gasteiger partial charge in [-0.1, -0.05) is 18.2 Å². The first kappa shape index (κ1) is 28.4. The molecule has 39 heavy (non-hydrogen) atoms. The quantitative estimate of drug-likeness (QED) is 0.173. The van der Waals surface area contributed by atoms with Crippen molar-refractivity contribution in [1.82, 2.24) is 19.7 Å². The lowest BCUT2D eigenvalue weighted by atomic mass is 9.93. The molecular weight excluding hydrogens is 531 g/mol. The van der Waals surface area contributed by atoms with Crippen LogP contribution in [0.25, 0.3) is 5.52 Å². The zero-order chi connectivity index (χ0) is 28.3. The molecule has 1 aliphatic rings. The molecule has 15 heteroatoms. The van der Waals surface area contributed by atoms with Crippen LogP contribution in [0, 0.1) is 11.3 Å². The molecule has 2 unspecified atom stereocenters. The zero-order valence-corrected chi connectivity index (χ0v) is 22.2. The Kier molecular flexibility index (Phi) is 8.22. The van der Waals surface area contributed by atoms with Gasteiger partial charge < -0.3 is 29.9 Å². The zero-order valence-electron chi connectivity index (χ0n) is 21.3. The third kappa shape index (κ3) is 5.74. The lowest BCUT2D eigenvalue weighted by Gasteiger charge is -2.34. The van der Waals surface area contributed by atoms with Crippen LogP contribution in [0.3, 0.4) is 0 Å². The minimum atomic E-state index is -4.39. The summed E-state index contributed by atoms with van der Waals surface area (Å²) in [6.07, 6.45) is -1.84. The van der Waals surface area contributed by atoms with E-state index in [9.17, 15) is 24.8 Å². The van der Waals surface area contributed by atoms with Crippen LogP contribution >= 0.6 is 7.75 Å². The van der Waals surface area contributed by atoms with Crippen molar-refractivity contribution in [3.8, 4) is 11.8 Å². The number of carbonyl (C=O) groups is 1. The van der Waals surface area contributed by atoms with Crippen molar-refractivity contribution >= 4 is 25.1 Å². The number of esters is 1. The molecule has 4 atom stereocenters. The minimum Gasteiger partial charge on any atom is -0.465 e. The summed E-state index contributed by atoms with van der Waals surface area (Å²) in [5.41, 5.74) is 2.76. The van der Waals surface area contributed by atoms with E-state index in [4.69, 9.17) is 24.3 Å². The van der Waals surface area contributed by atoms with E-state index in [0.717, 1.165) is 7.11 Å². The van der Waals surface area contributed by atoms with Crippen molar-refractivity contribution in [2.24, 2.45) is 0 Å². The molecule has 0 saturated heterocycles. The number of nitrogens with two attached hydrogens (primary N) is 1. The predicted octanol–water partition coefficient (Wildman–Crippen LogP) is 1.50. The van der Waals surface area contributed by atoms with Crippen molar-refractivity contribution in [2.75, 3.05) is 26.1 Å². The van der Waals surface area contributed by atoms with Crippen LogP contribution in [0.15, 0.2) is 48.8 Å². The fourth-order valence-electron chi connectivity index (χ4n) is 3.92. The van der Waals surface area contributed by atoms with Crippen LogP contribution in [0.1, 0.15) is 31.6 Å². The maximum absolute atomic E-state index is 14.0. The highest BCUT2D eigenvalue weighted by atomic mass is 31.2. The monoisotopic (exact) mass is 560 g/mol. The first-order valence-electron chi connectivity index (χ1n) is 12.0. The fourth-order valence-corrected chi connectivity index (χ4v) is 5.69. The number of nitrogens with one attached hydrogen (secondary N) is 1. The average Bonchev–Trinajstić information content (AvgIpc) is 3.57. The van der Waals surface area contributed by atoms with E-state index in [0.29, 0.717) is 18.4 Å². The molecular formula is C24H29N6O8P. The number of hydrogen-bond acceptors (Lipinski definition) is 12. The Morgan fingerprint density at radius 2 is 2.03 bits per heavy atom. The van der Waals surface area contributed by atoms with E-state index in [1.165, 1.54) is 35.1 Å². The van der Waals surface area contributed by atoms with Crippen molar-refractivity contribution in [2.45, 2.75) is 43.1 Å². The van der Waals surface area contributed by atoms with Crippen LogP contribution in [0.5, 0.6) is 5.75 Å². The van der Waals surface area contributed by atoms with Crippen molar-refractivity contribution in [1.29, 1.82) is 5.26 Å². The SMILES string of the molecule is CCOC(=O)C1(NP(=O)(OCC(C#N)(OC)[C@@H](O)[C@@H](O)c2ccc3c(N)ncnn23)Oc2ccccc2)CC1. The number of carbonyl (C=O) groups excluding carboxylic acids is 1. The molecule has 2 aromatic heterocycles. The van der Waals surface area contributed by atoms with Crippen molar-refractivity contribution < 1.29 is 38.1 Å². The number of aromatic nitrogens is 3. The van der Waals surface area contributed by atoms with E-state index in [-0.39, 0.29) is 23.9 Å². The second kappa shape index (κ2) is 11.3. The normalized spacial score (nSPS) is 18.7. The minimum absolute atomic E-state index is 0.0874. The Balaban J connectivity index is 1.61. The van der Waals surface area contributed by atoms with Crippen LogP contribution in [-0.4, -0.2) is 68.3 Å². The fraction of sp³-hybridized carbons (Fsp3) is 0.417. The number of aliphatic hydroxyl groups excluding tert-OH is 2. The highest BCUT2D eigenvalue weighted by Crippen LogP contribution is 2.53. The van der Waals surface area contributed by atoms with Gasteiger partial charge in [-0.15, -0.1) is 0 Å². The number of anilines is 1. The van der Waals surface area contributed by atoms with E-state index in [1.807, 2.05) is 0 Å². The number of rotatable bonds is 13. The number of nitrogens with zero attached hydrogens (tertiary/aromatic N) is 4. The highest BCUT2D eigenvalue weighted by molar-refractivity contribution is 7.52. The van der Waals surface area contributed by atoms with Gasteiger partial charge >= 0.3 is 13.7 Å². The Labute approximate surface area is 223 Å². The molecule has 2 heterocycles. The topological polar surface area (TPSA) is 204 Å². The Bertz CT molecular complexity index is 1410. The van der Waals surface area contributed by atoms with Crippen molar-refractivity contribution in [3.63, 3.8) is 0 Å². The molecule has 1 saturated carbocycles. The number of nitriles is 1. The van der Waals surface area contributed by atoms with Gasteiger partial charge in [0, 0.05) is 7.11 Å². The van der Waals surface area contributed by atoms with E-state index in [2.05, 4.69) is 15.2 Å². The molecule has 5 N–H and O–H groups in total. The molecule has 3 aromatic rings. The second-order valence-electron chi connectivity index (χ2n) is 8.89. The molecule has 4 rings (SSSR count). The first-order valence-corrected chi connectivity index (χ1v) is 13.5. The second-order valence-corrected chi connectivity index (χ2v) is 10.5. The molecule has 1 aliphatic carbocycles. The molecule has 14 nitrogen and oxygen atoms in total. The number of hydrogen-bond donors (Lipinski definition) is 4. The number of ether oxygens (including phenoxy) is 2. The van der Waals surface area contributed by atoms with Gasteiger partial charge in [0.05, 0.1) is 12.3 Å². The lowest BCUT2D eigenvalue weighted by Crippen LogP contribution is -2.50. The Hall–Kier alpha value is -3.57. The highest BCUT2D eigenvalue weighted by Gasteiger charge is 2.57. The van der Waals surface area contributed by atoms with Gasteiger partial charge in [0.2, 0.25) is 5.60 Å². The number of methoxy groups -OCH3 is 1. The molecule has 0 radical (unpaired) electrons. The number of fused-ring (bicyclic) bond motifs is 1. The van der Waals surface area contributed by atoms with Crippen LogP contribution < -0.4 is 15.3 Å². The predicted molar refractivity (Wildman–Crippen MR) is 136 cm³/mol. The van der Waals surface area contributed by atoms with Gasteiger partial charge in [-0.25, -0.2) is 14.1 Å². The smallest absolute Gasteiger partial charge is 0.459 e.